The molecule has 27 heavy (non-hydrogen) atoms. The van der Waals surface area contributed by atoms with Crippen LogP contribution in [0.5, 0.6) is 0 Å². The van der Waals surface area contributed by atoms with Crippen LogP contribution in [0, 0.1) is 5.82 Å². The van der Waals surface area contributed by atoms with Crippen LogP contribution in [0.15, 0.2) is 35.8 Å². The van der Waals surface area contributed by atoms with Gasteiger partial charge in [0.15, 0.2) is 0 Å². The van der Waals surface area contributed by atoms with Gasteiger partial charge in [-0.1, -0.05) is 6.07 Å². The van der Waals surface area contributed by atoms with Crippen molar-refractivity contribution in [3.8, 4) is 0 Å². The van der Waals surface area contributed by atoms with E-state index >= 15 is 0 Å². The molecule has 144 valence electrons. The van der Waals surface area contributed by atoms with Crippen molar-refractivity contribution in [1.29, 1.82) is 0 Å². The average molecular weight is 391 g/mol. The molecule has 3 heterocycles. The number of likely N-dealkylation sites (N-methyl/N-ethyl adjacent to an activating group) is 1. The number of morpholine rings is 1. The number of rotatable bonds is 4. The minimum Gasteiger partial charge on any atom is -0.370 e. The summed E-state index contributed by atoms with van der Waals surface area (Å²) in [7, 11) is 1.64. The minimum atomic E-state index is -0.585. The summed E-state index contributed by atoms with van der Waals surface area (Å²) >= 11 is 1.64. The van der Waals surface area contributed by atoms with Crippen LogP contribution in [0.4, 0.5) is 10.1 Å². The molecule has 0 bridgehead atoms. The van der Waals surface area contributed by atoms with Crippen LogP contribution in [-0.4, -0.2) is 60.8 Å². The first-order valence-electron chi connectivity index (χ1n) is 8.94. The Morgan fingerprint density at radius 2 is 2.41 bits per heavy atom. The van der Waals surface area contributed by atoms with E-state index in [0.29, 0.717) is 31.9 Å². The number of anilines is 1. The van der Waals surface area contributed by atoms with Crippen molar-refractivity contribution in [1.82, 2.24) is 9.88 Å². The first kappa shape index (κ1) is 18.5. The first-order valence-corrected chi connectivity index (χ1v) is 9.82. The lowest BCUT2D eigenvalue weighted by Gasteiger charge is -2.39. The molecule has 2 atom stereocenters. The van der Waals surface area contributed by atoms with Crippen molar-refractivity contribution in [2.45, 2.75) is 24.7 Å². The lowest BCUT2D eigenvalue weighted by Crippen LogP contribution is -2.52. The van der Waals surface area contributed by atoms with E-state index in [0.717, 1.165) is 18.1 Å². The molecule has 6 nitrogen and oxygen atoms in total. The summed E-state index contributed by atoms with van der Waals surface area (Å²) in [6.45, 7) is 3.32. The lowest BCUT2D eigenvalue weighted by molar-refractivity contribution is -0.127. The Balaban J connectivity index is 1.40. The zero-order valence-corrected chi connectivity index (χ0v) is 16.0. The van der Waals surface area contributed by atoms with E-state index in [1.165, 1.54) is 17.0 Å². The fourth-order valence-electron chi connectivity index (χ4n) is 3.69. The van der Waals surface area contributed by atoms with E-state index in [1.54, 1.807) is 30.5 Å². The Morgan fingerprint density at radius 1 is 1.52 bits per heavy atom. The smallest absolute Gasteiger partial charge is 0.255 e. The zero-order valence-electron chi connectivity index (χ0n) is 15.1. The summed E-state index contributed by atoms with van der Waals surface area (Å²) < 4.78 is 25.3. The fourth-order valence-corrected chi connectivity index (χ4v) is 4.34. The molecule has 0 N–H and O–H groups in total. The highest BCUT2D eigenvalue weighted by atomic mass is 32.1. The van der Waals surface area contributed by atoms with Crippen molar-refractivity contribution in [3.63, 3.8) is 0 Å². The maximum atomic E-state index is 13.5. The molecule has 2 saturated heterocycles. The van der Waals surface area contributed by atoms with Gasteiger partial charge in [-0.25, -0.2) is 9.37 Å². The van der Waals surface area contributed by atoms with Gasteiger partial charge in [-0.3, -0.25) is 9.69 Å². The topological polar surface area (TPSA) is 54.9 Å². The molecule has 2 fully saturated rings. The van der Waals surface area contributed by atoms with Crippen LogP contribution < -0.4 is 4.90 Å². The van der Waals surface area contributed by atoms with Crippen molar-refractivity contribution >= 4 is 22.9 Å². The Kier molecular flexibility index (Phi) is 5.23. The standard InChI is InChI=1S/C19H22FN3O3S/c1-22(15-4-2-3-14(20)9-15)18(24)16-10-19(13-25-16)12-23(6-7-26-19)11-17-21-5-8-27-17/h2-5,8-9,16H,6-7,10-13H2,1H3. The van der Waals surface area contributed by atoms with Crippen LogP contribution >= 0.6 is 11.3 Å². The predicted molar refractivity (Wildman–Crippen MR) is 100 cm³/mol. The van der Waals surface area contributed by atoms with E-state index in [1.807, 2.05) is 11.6 Å². The zero-order chi connectivity index (χ0) is 18.9. The second-order valence-electron chi connectivity index (χ2n) is 7.05. The lowest BCUT2D eigenvalue weighted by atomic mass is 9.97. The van der Waals surface area contributed by atoms with E-state index in [4.69, 9.17) is 9.47 Å². The number of thiazole rings is 1. The summed E-state index contributed by atoms with van der Waals surface area (Å²) in [5, 5.41) is 3.05. The maximum Gasteiger partial charge on any atom is 0.255 e. The molecule has 8 heteroatoms. The normalized spacial score (nSPS) is 25.8. The minimum absolute atomic E-state index is 0.182. The third-order valence-electron chi connectivity index (χ3n) is 5.08. The van der Waals surface area contributed by atoms with Gasteiger partial charge < -0.3 is 14.4 Å². The molecule has 0 saturated carbocycles. The highest BCUT2D eigenvalue weighted by Gasteiger charge is 2.47. The summed E-state index contributed by atoms with van der Waals surface area (Å²) in [6.07, 6.45) is 1.73. The van der Waals surface area contributed by atoms with Crippen LogP contribution in [-0.2, 0) is 20.8 Å². The molecule has 1 aromatic heterocycles. The number of carbonyl (C=O) groups excluding carboxylic acids is 1. The van der Waals surface area contributed by atoms with Gasteiger partial charge in [0.05, 0.1) is 19.8 Å². The van der Waals surface area contributed by atoms with Crippen LogP contribution in [0.25, 0.3) is 0 Å². The average Bonchev–Trinajstić information content (AvgIpc) is 3.31. The summed E-state index contributed by atoms with van der Waals surface area (Å²) in [6, 6.07) is 6.00. The highest BCUT2D eigenvalue weighted by molar-refractivity contribution is 7.09. The van der Waals surface area contributed by atoms with Gasteiger partial charge in [0.2, 0.25) is 0 Å². The summed E-state index contributed by atoms with van der Waals surface area (Å²) in [5.41, 5.74) is 0.0398. The Bertz CT molecular complexity index is 803. The van der Waals surface area contributed by atoms with E-state index in [-0.39, 0.29) is 11.7 Å². The molecular weight excluding hydrogens is 369 g/mol. The van der Waals surface area contributed by atoms with E-state index in [2.05, 4.69) is 9.88 Å². The number of benzene rings is 1. The number of hydrogen-bond donors (Lipinski definition) is 0. The van der Waals surface area contributed by atoms with Gasteiger partial charge in [-0.2, -0.15) is 0 Å². The van der Waals surface area contributed by atoms with Gasteiger partial charge in [0.25, 0.3) is 5.91 Å². The number of halogens is 1. The molecule has 1 spiro atoms. The molecule has 2 aliphatic heterocycles. The quantitative estimate of drug-likeness (QED) is 0.801. The summed E-state index contributed by atoms with van der Waals surface area (Å²) in [5.74, 6) is -0.553. The van der Waals surface area contributed by atoms with E-state index < -0.39 is 11.7 Å². The van der Waals surface area contributed by atoms with Gasteiger partial charge in [0.1, 0.15) is 22.5 Å². The number of carbonyl (C=O) groups is 1. The Hall–Kier alpha value is -1.87. The number of hydrogen-bond acceptors (Lipinski definition) is 6. The molecular formula is C19H22FN3O3S. The Labute approximate surface area is 161 Å². The number of ether oxygens (including phenoxy) is 2. The van der Waals surface area contributed by atoms with Crippen molar-refractivity contribution in [3.05, 3.63) is 46.7 Å². The fraction of sp³-hybridized carbons (Fsp3) is 0.474. The second kappa shape index (κ2) is 7.63. The monoisotopic (exact) mass is 391 g/mol. The number of aromatic nitrogens is 1. The molecule has 0 aliphatic carbocycles. The van der Waals surface area contributed by atoms with Crippen molar-refractivity contribution in [2.75, 3.05) is 38.3 Å². The Morgan fingerprint density at radius 3 is 3.19 bits per heavy atom. The highest BCUT2D eigenvalue weighted by Crippen LogP contribution is 2.33. The van der Waals surface area contributed by atoms with Gasteiger partial charge in [0, 0.05) is 43.8 Å². The molecule has 2 unspecified atom stereocenters. The van der Waals surface area contributed by atoms with Gasteiger partial charge in [-0.15, -0.1) is 11.3 Å². The van der Waals surface area contributed by atoms with Crippen LogP contribution in [0.2, 0.25) is 0 Å². The van der Waals surface area contributed by atoms with Crippen molar-refractivity contribution < 1.29 is 18.7 Å². The second-order valence-corrected chi connectivity index (χ2v) is 8.03. The third kappa shape index (κ3) is 4.03. The van der Waals surface area contributed by atoms with Gasteiger partial charge >= 0.3 is 0 Å². The third-order valence-corrected chi connectivity index (χ3v) is 5.84. The largest absolute Gasteiger partial charge is 0.370 e. The van der Waals surface area contributed by atoms with Crippen LogP contribution in [0.3, 0.4) is 0 Å². The SMILES string of the molecule is CN(C(=O)C1CC2(CO1)CN(Cc1nccs1)CCO2)c1cccc(F)c1. The molecule has 1 aromatic carbocycles. The maximum absolute atomic E-state index is 13.5. The number of amides is 1. The predicted octanol–water partition coefficient (Wildman–Crippen LogP) is 2.31. The molecule has 2 aliphatic rings. The molecule has 0 radical (unpaired) electrons. The van der Waals surface area contributed by atoms with E-state index in [9.17, 15) is 9.18 Å². The molecule has 1 amide bonds. The van der Waals surface area contributed by atoms with Crippen molar-refractivity contribution in [2.24, 2.45) is 0 Å². The summed E-state index contributed by atoms with van der Waals surface area (Å²) in [4.78, 5) is 20.9. The number of nitrogens with zero attached hydrogens (tertiary/aromatic N) is 3. The molecule has 2 aromatic rings. The first-order chi connectivity index (χ1) is 13.0. The van der Waals surface area contributed by atoms with Gasteiger partial charge in [-0.05, 0) is 18.2 Å². The van der Waals surface area contributed by atoms with Crippen LogP contribution in [0.1, 0.15) is 11.4 Å². The molecule has 4 rings (SSSR count).